The first-order valence-corrected chi connectivity index (χ1v) is 6.43. The summed E-state index contributed by atoms with van der Waals surface area (Å²) in [4.78, 5) is 15.6. The average Bonchev–Trinajstić information content (AvgIpc) is 2.21. The zero-order valence-corrected chi connectivity index (χ0v) is 10.7. The van der Waals surface area contributed by atoms with Gasteiger partial charge in [0.25, 0.3) is 0 Å². The number of nitrogens with one attached hydrogen (secondary N) is 1. The molecule has 0 spiro atoms. The highest BCUT2D eigenvalue weighted by atomic mass is 16.4. The number of nitrogens with zero attached hydrogens (tertiary/aromatic N) is 2. The van der Waals surface area contributed by atoms with Gasteiger partial charge in [-0.1, -0.05) is 0 Å². The molecule has 1 aliphatic carbocycles. The smallest absolute Gasteiger partial charge is 0.308 e. The highest BCUT2D eigenvalue weighted by Gasteiger charge is 2.36. The van der Waals surface area contributed by atoms with Crippen molar-refractivity contribution in [2.45, 2.75) is 24.9 Å². The van der Waals surface area contributed by atoms with Gasteiger partial charge in [-0.15, -0.1) is 0 Å². The predicted molar refractivity (Wildman–Crippen MR) is 66.1 cm³/mol. The number of rotatable bonds is 4. The number of carboxylic acid groups (broad SMARTS) is 1. The molecular formula is C12H23N3O2. The first-order chi connectivity index (χ1) is 8.08. The van der Waals surface area contributed by atoms with Crippen LogP contribution < -0.4 is 5.32 Å². The molecule has 0 bridgehead atoms. The van der Waals surface area contributed by atoms with Gasteiger partial charge in [0.15, 0.2) is 0 Å². The van der Waals surface area contributed by atoms with Gasteiger partial charge in [0.05, 0.1) is 5.92 Å². The normalized spacial score (nSPS) is 35.5. The molecule has 0 aromatic carbocycles. The van der Waals surface area contributed by atoms with Gasteiger partial charge in [-0.25, -0.2) is 0 Å². The Hall–Kier alpha value is -0.650. The Kier molecular flexibility index (Phi) is 4.01. The first kappa shape index (κ1) is 12.8. The van der Waals surface area contributed by atoms with Crippen molar-refractivity contribution in [3.8, 4) is 0 Å². The Morgan fingerprint density at radius 3 is 2.71 bits per heavy atom. The van der Waals surface area contributed by atoms with Gasteiger partial charge in [-0.05, 0) is 26.9 Å². The summed E-state index contributed by atoms with van der Waals surface area (Å²) in [6, 6.07) is 0.692. The van der Waals surface area contributed by atoms with E-state index in [1.54, 1.807) is 0 Å². The van der Waals surface area contributed by atoms with E-state index in [1.807, 2.05) is 0 Å². The van der Waals surface area contributed by atoms with Crippen molar-refractivity contribution < 1.29 is 9.90 Å². The maximum absolute atomic E-state index is 10.9. The molecule has 0 amide bonds. The highest BCUT2D eigenvalue weighted by molar-refractivity contribution is 5.72. The first-order valence-electron chi connectivity index (χ1n) is 6.43. The number of likely N-dealkylation sites (N-methyl/N-ethyl adjacent to an activating group) is 2. The van der Waals surface area contributed by atoms with Crippen LogP contribution in [0.4, 0.5) is 0 Å². The van der Waals surface area contributed by atoms with Crippen molar-refractivity contribution in [2.24, 2.45) is 5.92 Å². The van der Waals surface area contributed by atoms with Crippen LogP contribution in [0.3, 0.4) is 0 Å². The van der Waals surface area contributed by atoms with Gasteiger partial charge >= 0.3 is 5.97 Å². The highest BCUT2D eigenvalue weighted by Crippen LogP contribution is 2.27. The van der Waals surface area contributed by atoms with Crippen LogP contribution in [0.25, 0.3) is 0 Å². The molecule has 0 aromatic rings. The number of carboxylic acids is 1. The molecule has 2 N–H and O–H groups in total. The van der Waals surface area contributed by atoms with Crippen molar-refractivity contribution >= 4 is 5.97 Å². The minimum absolute atomic E-state index is 0.165. The number of aliphatic carboxylic acids is 1. The fourth-order valence-electron chi connectivity index (χ4n) is 2.65. The number of carbonyl (C=O) groups is 1. The predicted octanol–water partition coefficient (Wildman–Crippen LogP) is -0.315. The van der Waals surface area contributed by atoms with E-state index in [-0.39, 0.29) is 12.0 Å². The third kappa shape index (κ3) is 2.97. The van der Waals surface area contributed by atoms with E-state index in [4.69, 9.17) is 5.11 Å². The summed E-state index contributed by atoms with van der Waals surface area (Å²) in [6.45, 7) is 4.17. The SMILES string of the molecule is CN1CCN(C)C(CNC2CCC2C(=O)O)C1. The van der Waals surface area contributed by atoms with Crippen LogP contribution in [0.1, 0.15) is 12.8 Å². The van der Waals surface area contributed by atoms with Gasteiger partial charge < -0.3 is 15.3 Å². The van der Waals surface area contributed by atoms with Crippen molar-refractivity contribution in [1.82, 2.24) is 15.1 Å². The van der Waals surface area contributed by atoms with Gasteiger partial charge in [0.1, 0.15) is 0 Å². The van der Waals surface area contributed by atoms with Crippen LogP contribution in [0.5, 0.6) is 0 Å². The van der Waals surface area contributed by atoms with E-state index in [9.17, 15) is 4.79 Å². The summed E-state index contributed by atoms with van der Waals surface area (Å²) in [5.74, 6) is -0.815. The molecule has 17 heavy (non-hydrogen) atoms. The molecule has 1 saturated heterocycles. The molecule has 5 heteroatoms. The quantitative estimate of drug-likeness (QED) is 0.707. The van der Waals surface area contributed by atoms with Crippen LogP contribution in [0.15, 0.2) is 0 Å². The molecule has 1 saturated carbocycles. The standard InChI is InChI=1S/C12H23N3O2/c1-14-5-6-15(2)9(8-14)7-13-11-4-3-10(11)12(16)17/h9-11,13H,3-8H2,1-2H3,(H,16,17). The van der Waals surface area contributed by atoms with E-state index < -0.39 is 5.97 Å². The largest absolute Gasteiger partial charge is 0.481 e. The molecule has 0 radical (unpaired) electrons. The van der Waals surface area contributed by atoms with Crippen molar-refractivity contribution in [3.05, 3.63) is 0 Å². The molecule has 1 heterocycles. The number of piperazine rings is 1. The second-order valence-corrected chi connectivity index (χ2v) is 5.43. The molecule has 2 aliphatic rings. The monoisotopic (exact) mass is 241 g/mol. The summed E-state index contributed by atoms with van der Waals surface area (Å²) in [5.41, 5.74) is 0. The maximum Gasteiger partial charge on any atom is 0.308 e. The molecule has 2 rings (SSSR count). The van der Waals surface area contributed by atoms with Crippen LogP contribution >= 0.6 is 0 Å². The molecule has 3 atom stereocenters. The number of hydrogen-bond donors (Lipinski definition) is 2. The fraction of sp³-hybridized carbons (Fsp3) is 0.917. The zero-order chi connectivity index (χ0) is 12.4. The minimum atomic E-state index is -0.650. The van der Waals surface area contributed by atoms with Gasteiger partial charge in [0, 0.05) is 38.3 Å². The van der Waals surface area contributed by atoms with Gasteiger partial charge in [-0.3, -0.25) is 9.69 Å². The zero-order valence-electron chi connectivity index (χ0n) is 10.7. The molecule has 98 valence electrons. The van der Waals surface area contributed by atoms with E-state index in [0.717, 1.165) is 39.0 Å². The summed E-state index contributed by atoms with van der Waals surface area (Å²) < 4.78 is 0. The molecular weight excluding hydrogens is 218 g/mol. The molecule has 2 fully saturated rings. The third-order valence-corrected chi connectivity index (χ3v) is 4.19. The van der Waals surface area contributed by atoms with Gasteiger partial charge in [-0.2, -0.15) is 0 Å². The van der Waals surface area contributed by atoms with Crippen molar-refractivity contribution in [2.75, 3.05) is 40.3 Å². The van der Waals surface area contributed by atoms with Crippen molar-refractivity contribution in [1.29, 1.82) is 0 Å². The minimum Gasteiger partial charge on any atom is -0.481 e. The lowest BCUT2D eigenvalue weighted by atomic mass is 9.79. The van der Waals surface area contributed by atoms with Crippen LogP contribution in [-0.2, 0) is 4.79 Å². The van der Waals surface area contributed by atoms with E-state index in [2.05, 4.69) is 29.2 Å². The van der Waals surface area contributed by atoms with Crippen LogP contribution in [0.2, 0.25) is 0 Å². The fourth-order valence-corrected chi connectivity index (χ4v) is 2.65. The lowest BCUT2D eigenvalue weighted by molar-refractivity contribution is -0.146. The third-order valence-electron chi connectivity index (χ3n) is 4.19. The Bertz CT molecular complexity index is 285. The van der Waals surface area contributed by atoms with Gasteiger partial charge in [0.2, 0.25) is 0 Å². The second kappa shape index (κ2) is 5.33. The average molecular weight is 241 g/mol. The summed E-state index contributed by atoms with van der Waals surface area (Å²) in [6.07, 6.45) is 1.83. The van der Waals surface area contributed by atoms with Crippen molar-refractivity contribution in [3.63, 3.8) is 0 Å². The lowest BCUT2D eigenvalue weighted by Gasteiger charge is -2.40. The summed E-state index contributed by atoms with van der Waals surface area (Å²) in [7, 11) is 4.29. The van der Waals surface area contributed by atoms with E-state index >= 15 is 0 Å². The topological polar surface area (TPSA) is 55.8 Å². The summed E-state index contributed by atoms with van der Waals surface area (Å²) in [5, 5.41) is 12.4. The molecule has 0 aromatic heterocycles. The Balaban J connectivity index is 1.75. The summed E-state index contributed by atoms with van der Waals surface area (Å²) >= 11 is 0. The lowest BCUT2D eigenvalue weighted by Crippen LogP contribution is -2.57. The Morgan fingerprint density at radius 1 is 1.35 bits per heavy atom. The second-order valence-electron chi connectivity index (χ2n) is 5.43. The van der Waals surface area contributed by atoms with E-state index in [1.165, 1.54) is 0 Å². The van der Waals surface area contributed by atoms with Crippen LogP contribution in [-0.4, -0.2) is 73.2 Å². The Morgan fingerprint density at radius 2 is 2.12 bits per heavy atom. The molecule has 3 unspecified atom stereocenters. The molecule has 5 nitrogen and oxygen atoms in total. The van der Waals surface area contributed by atoms with Crippen LogP contribution in [0, 0.1) is 5.92 Å². The Labute approximate surface area is 103 Å². The van der Waals surface area contributed by atoms with E-state index in [0.29, 0.717) is 6.04 Å². The number of hydrogen-bond acceptors (Lipinski definition) is 4. The maximum atomic E-state index is 10.9. The molecule has 1 aliphatic heterocycles.